The van der Waals surface area contributed by atoms with E-state index in [0.717, 1.165) is 35.7 Å². The van der Waals surface area contributed by atoms with Crippen molar-refractivity contribution in [1.82, 2.24) is 20.1 Å². The van der Waals surface area contributed by atoms with Crippen LogP contribution >= 0.6 is 46.7 Å². The number of hydrogen-bond acceptors (Lipinski definition) is 5. The second-order valence-electron chi connectivity index (χ2n) is 7.39. The molecule has 28 heavy (non-hydrogen) atoms. The third-order valence-corrected chi connectivity index (χ3v) is 7.02. The first-order valence-corrected chi connectivity index (χ1v) is 11.4. The normalized spacial score (nSPS) is 17.2. The molecule has 0 aromatic carbocycles. The van der Waals surface area contributed by atoms with E-state index in [1.54, 1.807) is 11.3 Å². The molecule has 2 aromatic rings. The highest BCUT2D eigenvalue weighted by Gasteiger charge is 2.25. The summed E-state index contributed by atoms with van der Waals surface area (Å²) in [5.41, 5.74) is 1.10. The first kappa shape index (κ1) is 23.6. The van der Waals surface area contributed by atoms with Crippen molar-refractivity contribution in [2.24, 2.45) is 10.9 Å². The Balaban J connectivity index is 0.00000280. The van der Waals surface area contributed by atoms with Crippen molar-refractivity contribution in [2.75, 3.05) is 33.7 Å². The number of rotatable bonds is 6. The number of piperidine rings is 1. The molecule has 0 aliphatic carbocycles. The number of aromatic nitrogens is 1. The highest BCUT2D eigenvalue weighted by molar-refractivity contribution is 14.0. The summed E-state index contributed by atoms with van der Waals surface area (Å²) < 4.78 is 0. The number of thiophene rings is 1. The Labute approximate surface area is 194 Å². The molecule has 0 saturated carbocycles. The Kier molecular flexibility index (Phi) is 9.65. The molecular formula is C20H32IN5S2. The van der Waals surface area contributed by atoms with Crippen molar-refractivity contribution in [3.05, 3.63) is 38.5 Å². The third-order valence-electron chi connectivity index (χ3n) is 5.22. The molecule has 8 heteroatoms. The molecule has 156 valence electrons. The number of thiazole rings is 1. The zero-order chi connectivity index (χ0) is 19.2. The first-order chi connectivity index (χ1) is 13.1. The third kappa shape index (κ3) is 6.40. The van der Waals surface area contributed by atoms with Crippen LogP contribution < -0.4 is 5.32 Å². The van der Waals surface area contributed by atoms with Gasteiger partial charge >= 0.3 is 0 Å². The molecule has 0 amide bonds. The lowest BCUT2D eigenvalue weighted by atomic mass is 9.97. The van der Waals surface area contributed by atoms with Gasteiger partial charge in [0, 0.05) is 30.9 Å². The second-order valence-corrected chi connectivity index (χ2v) is 9.43. The van der Waals surface area contributed by atoms with Crippen molar-refractivity contribution < 1.29 is 0 Å². The minimum Gasteiger partial charge on any atom is -0.354 e. The summed E-state index contributed by atoms with van der Waals surface area (Å²) in [6.07, 6.45) is 2.58. The SMILES string of the molecule is CN=C(NCC(c1cccs1)N1CCC(C)CC1)N(C)Cc1csc(C)n1.I. The van der Waals surface area contributed by atoms with E-state index in [2.05, 4.69) is 62.0 Å². The van der Waals surface area contributed by atoms with Crippen LogP contribution in [-0.4, -0.2) is 54.5 Å². The van der Waals surface area contributed by atoms with Crippen molar-refractivity contribution in [1.29, 1.82) is 0 Å². The molecule has 2 aromatic heterocycles. The summed E-state index contributed by atoms with van der Waals surface area (Å²) in [5, 5.41) is 9.03. The number of aryl methyl sites for hydroxylation is 1. The number of likely N-dealkylation sites (tertiary alicyclic amines) is 1. The van der Waals surface area contributed by atoms with Gasteiger partial charge in [-0.1, -0.05) is 13.0 Å². The molecule has 1 saturated heterocycles. The summed E-state index contributed by atoms with van der Waals surface area (Å²) in [5.74, 6) is 1.77. The fourth-order valence-electron chi connectivity index (χ4n) is 3.60. The molecule has 5 nitrogen and oxygen atoms in total. The Morgan fingerprint density at radius 1 is 1.39 bits per heavy atom. The number of hydrogen-bond donors (Lipinski definition) is 1. The van der Waals surface area contributed by atoms with Crippen LogP contribution in [0.1, 0.15) is 41.4 Å². The minimum absolute atomic E-state index is 0. The largest absolute Gasteiger partial charge is 0.354 e. The van der Waals surface area contributed by atoms with Gasteiger partial charge in [0.25, 0.3) is 0 Å². The predicted octanol–water partition coefficient (Wildman–Crippen LogP) is 4.61. The van der Waals surface area contributed by atoms with E-state index in [-0.39, 0.29) is 24.0 Å². The van der Waals surface area contributed by atoms with E-state index < -0.39 is 0 Å². The Bertz CT molecular complexity index is 723. The zero-order valence-corrected chi connectivity index (χ0v) is 21.2. The van der Waals surface area contributed by atoms with Crippen LogP contribution in [0.15, 0.2) is 27.9 Å². The van der Waals surface area contributed by atoms with Crippen LogP contribution in [0.5, 0.6) is 0 Å². The minimum atomic E-state index is 0. The fourth-order valence-corrected chi connectivity index (χ4v) is 5.07. The number of aliphatic imine (C=N–C) groups is 1. The monoisotopic (exact) mass is 533 g/mol. The lowest BCUT2D eigenvalue weighted by Crippen LogP contribution is -2.45. The second kappa shape index (κ2) is 11.5. The van der Waals surface area contributed by atoms with Gasteiger partial charge in [-0.25, -0.2) is 4.98 Å². The van der Waals surface area contributed by atoms with E-state index in [4.69, 9.17) is 0 Å². The highest BCUT2D eigenvalue weighted by Crippen LogP contribution is 2.29. The van der Waals surface area contributed by atoms with Gasteiger partial charge in [-0.2, -0.15) is 0 Å². The van der Waals surface area contributed by atoms with Gasteiger partial charge in [0.1, 0.15) is 0 Å². The van der Waals surface area contributed by atoms with Gasteiger partial charge in [-0.15, -0.1) is 46.7 Å². The quantitative estimate of drug-likeness (QED) is 0.335. The van der Waals surface area contributed by atoms with Gasteiger partial charge in [-0.3, -0.25) is 9.89 Å². The molecule has 0 spiro atoms. The summed E-state index contributed by atoms with van der Waals surface area (Å²) in [6, 6.07) is 4.83. The van der Waals surface area contributed by atoms with Crippen molar-refractivity contribution in [3.8, 4) is 0 Å². The lowest BCUT2D eigenvalue weighted by Gasteiger charge is -2.37. The highest BCUT2D eigenvalue weighted by atomic mass is 127. The number of guanidine groups is 1. The Hall–Kier alpha value is -0.710. The van der Waals surface area contributed by atoms with Gasteiger partial charge in [0.05, 0.1) is 23.3 Å². The van der Waals surface area contributed by atoms with E-state index in [9.17, 15) is 0 Å². The van der Waals surface area contributed by atoms with Crippen LogP contribution in [0.25, 0.3) is 0 Å². The van der Waals surface area contributed by atoms with Gasteiger partial charge in [0.2, 0.25) is 0 Å². The van der Waals surface area contributed by atoms with Crippen LogP contribution in [0.3, 0.4) is 0 Å². The molecule has 1 atom stereocenters. The van der Waals surface area contributed by atoms with Gasteiger partial charge in [0.15, 0.2) is 5.96 Å². The van der Waals surface area contributed by atoms with Gasteiger partial charge < -0.3 is 10.2 Å². The maximum atomic E-state index is 4.57. The van der Waals surface area contributed by atoms with Crippen LogP contribution in [0.2, 0.25) is 0 Å². The molecule has 1 fully saturated rings. The topological polar surface area (TPSA) is 43.8 Å². The average molecular weight is 534 g/mol. The van der Waals surface area contributed by atoms with Gasteiger partial charge in [-0.05, 0) is 50.2 Å². The summed E-state index contributed by atoms with van der Waals surface area (Å²) in [7, 11) is 3.93. The molecule has 3 heterocycles. The number of nitrogens with one attached hydrogen (secondary N) is 1. The number of halogens is 1. The molecule has 3 rings (SSSR count). The molecule has 1 aliphatic heterocycles. The van der Waals surface area contributed by atoms with Crippen molar-refractivity contribution >= 4 is 52.6 Å². The smallest absolute Gasteiger partial charge is 0.193 e. The molecular weight excluding hydrogens is 501 g/mol. The Morgan fingerprint density at radius 2 is 2.14 bits per heavy atom. The zero-order valence-electron chi connectivity index (χ0n) is 17.2. The van der Waals surface area contributed by atoms with Crippen LogP contribution in [-0.2, 0) is 6.54 Å². The molecule has 0 radical (unpaired) electrons. The summed E-state index contributed by atoms with van der Waals surface area (Å²) in [6.45, 7) is 8.42. The van der Waals surface area contributed by atoms with E-state index in [0.29, 0.717) is 6.04 Å². The Morgan fingerprint density at radius 3 is 2.71 bits per heavy atom. The standard InChI is InChI=1S/C20H31N5S2.HI/c1-15-7-9-25(10-8-15)18(19-6-5-11-26-19)12-22-20(21-3)24(4)13-17-14-27-16(2)23-17;/h5-6,11,14-15,18H,7-10,12-13H2,1-4H3,(H,21,22);1H. The lowest BCUT2D eigenvalue weighted by molar-refractivity contribution is 0.140. The summed E-state index contributed by atoms with van der Waals surface area (Å²) >= 11 is 3.55. The molecule has 1 aliphatic rings. The predicted molar refractivity (Wildman–Crippen MR) is 132 cm³/mol. The molecule has 0 bridgehead atoms. The van der Waals surface area contributed by atoms with Crippen LogP contribution in [0, 0.1) is 12.8 Å². The average Bonchev–Trinajstić information content (AvgIpc) is 3.32. The van der Waals surface area contributed by atoms with E-state index >= 15 is 0 Å². The molecule has 1 unspecified atom stereocenters. The van der Waals surface area contributed by atoms with E-state index in [1.807, 2.05) is 25.3 Å². The molecule has 1 N–H and O–H groups in total. The van der Waals surface area contributed by atoms with Crippen LogP contribution in [0.4, 0.5) is 0 Å². The first-order valence-electron chi connectivity index (χ1n) is 9.67. The maximum absolute atomic E-state index is 4.57. The van der Waals surface area contributed by atoms with Crippen molar-refractivity contribution in [3.63, 3.8) is 0 Å². The fraction of sp³-hybridized carbons (Fsp3) is 0.600. The van der Waals surface area contributed by atoms with E-state index in [1.165, 1.54) is 30.8 Å². The number of nitrogens with zero attached hydrogens (tertiary/aromatic N) is 4. The van der Waals surface area contributed by atoms with Crippen molar-refractivity contribution in [2.45, 2.75) is 39.3 Å². The maximum Gasteiger partial charge on any atom is 0.193 e. The summed E-state index contributed by atoms with van der Waals surface area (Å²) in [4.78, 5) is 15.3.